The molecule has 27 heavy (non-hydrogen) atoms. The molecule has 0 aromatic heterocycles. The van der Waals surface area contributed by atoms with Crippen molar-refractivity contribution in [3.8, 4) is 0 Å². The van der Waals surface area contributed by atoms with Crippen LogP contribution in [0, 0.1) is 0 Å². The van der Waals surface area contributed by atoms with E-state index in [-0.39, 0.29) is 5.75 Å². The largest absolute Gasteiger partial charge is 0.748 e. The van der Waals surface area contributed by atoms with E-state index in [9.17, 15) is 13.0 Å². The van der Waals surface area contributed by atoms with Crippen LogP contribution < -0.4 is 0 Å². The topological polar surface area (TPSA) is 57.2 Å². The molecule has 0 saturated carbocycles. The van der Waals surface area contributed by atoms with Crippen LogP contribution >= 0.6 is 0 Å². The van der Waals surface area contributed by atoms with Gasteiger partial charge in [-0.05, 0) is 39.5 Å². The molecule has 0 heterocycles. The summed E-state index contributed by atoms with van der Waals surface area (Å²) in [6.45, 7) is 11.1. The Balaban J connectivity index is 3.71. The van der Waals surface area contributed by atoms with Crippen molar-refractivity contribution in [2.75, 3.05) is 31.9 Å². The second kappa shape index (κ2) is 16.8. The zero-order valence-corrected chi connectivity index (χ0v) is 19.3. The van der Waals surface area contributed by atoms with Crippen LogP contribution in [0.25, 0.3) is 0 Å². The van der Waals surface area contributed by atoms with Crippen molar-refractivity contribution < 1.29 is 17.5 Å². The highest BCUT2D eigenvalue weighted by Crippen LogP contribution is 2.15. The van der Waals surface area contributed by atoms with Gasteiger partial charge in [-0.3, -0.25) is 0 Å². The van der Waals surface area contributed by atoms with E-state index in [1.807, 2.05) is 0 Å². The van der Waals surface area contributed by atoms with Gasteiger partial charge in [0.25, 0.3) is 0 Å². The summed E-state index contributed by atoms with van der Waals surface area (Å²) in [7, 11) is -4.05. The summed E-state index contributed by atoms with van der Waals surface area (Å²) in [4.78, 5) is 0. The summed E-state index contributed by atoms with van der Waals surface area (Å²) in [5.41, 5.74) is 0. The smallest absolute Gasteiger partial charge is 0.0945 e. The van der Waals surface area contributed by atoms with Crippen molar-refractivity contribution in [2.24, 2.45) is 0 Å². The van der Waals surface area contributed by atoms with E-state index in [0.717, 1.165) is 30.5 Å². The monoisotopic (exact) mass is 405 g/mol. The van der Waals surface area contributed by atoms with Gasteiger partial charge in [0, 0.05) is 5.75 Å². The summed E-state index contributed by atoms with van der Waals surface area (Å²) in [6, 6.07) is 0. The second-order valence-electron chi connectivity index (χ2n) is 8.28. The molecule has 0 aromatic rings. The Labute approximate surface area is 170 Å². The van der Waals surface area contributed by atoms with Gasteiger partial charge in [0.15, 0.2) is 0 Å². The molecule has 0 bridgehead atoms. The van der Waals surface area contributed by atoms with Gasteiger partial charge >= 0.3 is 0 Å². The van der Waals surface area contributed by atoms with E-state index >= 15 is 0 Å². The van der Waals surface area contributed by atoms with Crippen LogP contribution in [0.4, 0.5) is 0 Å². The third-order valence-electron chi connectivity index (χ3n) is 6.10. The summed E-state index contributed by atoms with van der Waals surface area (Å²) in [6.07, 6.45) is 17.8. The van der Waals surface area contributed by atoms with E-state index in [0.29, 0.717) is 6.42 Å². The number of hydrogen-bond donors (Lipinski definition) is 0. The zero-order valence-electron chi connectivity index (χ0n) is 18.5. The summed E-state index contributed by atoms with van der Waals surface area (Å²) in [5.74, 6) is -0.209. The van der Waals surface area contributed by atoms with Gasteiger partial charge in [0.05, 0.1) is 36.3 Å². The summed E-state index contributed by atoms with van der Waals surface area (Å²) in [5, 5.41) is 0. The van der Waals surface area contributed by atoms with Crippen LogP contribution in [0.1, 0.15) is 111 Å². The average Bonchev–Trinajstić information content (AvgIpc) is 2.64. The highest BCUT2D eigenvalue weighted by molar-refractivity contribution is 7.85. The summed E-state index contributed by atoms with van der Waals surface area (Å²) >= 11 is 0. The Bertz CT molecular complexity index is 419. The standard InChI is InChI=1S/C22H47NO3S/c1-4-7-8-9-10-11-12-13-14-15-16-17-20-23(5-2,6-3)21-18-19-22-27(24,25)26/h4-22H2,1-3H3. The van der Waals surface area contributed by atoms with Gasteiger partial charge in [-0.1, -0.05) is 71.1 Å². The lowest BCUT2D eigenvalue weighted by Crippen LogP contribution is -2.49. The lowest BCUT2D eigenvalue weighted by atomic mass is 10.0. The molecule has 5 heteroatoms. The number of rotatable bonds is 20. The molecule has 0 aromatic carbocycles. The minimum absolute atomic E-state index is 0.209. The first kappa shape index (κ1) is 26.9. The molecule has 4 nitrogen and oxygen atoms in total. The molecule has 0 aliphatic heterocycles. The van der Waals surface area contributed by atoms with Crippen LogP contribution in [0.3, 0.4) is 0 Å². The third kappa shape index (κ3) is 16.5. The van der Waals surface area contributed by atoms with Crippen molar-refractivity contribution >= 4 is 10.1 Å². The van der Waals surface area contributed by atoms with Gasteiger partial charge in [-0.15, -0.1) is 0 Å². The predicted molar refractivity (Wildman–Crippen MR) is 116 cm³/mol. The fourth-order valence-electron chi connectivity index (χ4n) is 3.98. The number of nitrogens with zero attached hydrogens (tertiary/aromatic N) is 1. The van der Waals surface area contributed by atoms with Crippen LogP contribution in [-0.2, 0) is 10.1 Å². The Kier molecular flexibility index (Phi) is 16.7. The van der Waals surface area contributed by atoms with Crippen LogP contribution in [0.15, 0.2) is 0 Å². The second-order valence-corrected chi connectivity index (χ2v) is 9.80. The maximum atomic E-state index is 10.7. The predicted octanol–water partition coefficient (Wildman–Crippen LogP) is 5.87. The molecule has 0 saturated heterocycles. The van der Waals surface area contributed by atoms with Gasteiger partial charge in [-0.2, -0.15) is 0 Å². The normalized spacial score (nSPS) is 12.6. The molecule has 0 atom stereocenters. The quantitative estimate of drug-likeness (QED) is 0.145. The van der Waals surface area contributed by atoms with Gasteiger partial charge in [0.1, 0.15) is 0 Å². The molecule has 0 spiro atoms. The number of unbranched alkanes of at least 4 members (excludes halogenated alkanes) is 12. The molecule has 0 amide bonds. The fraction of sp³-hybridized carbons (Fsp3) is 1.00. The highest BCUT2D eigenvalue weighted by Gasteiger charge is 2.21. The first-order chi connectivity index (χ1) is 12.9. The maximum absolute atomic E-state index is 10.7. The Morgan fingerprint density at radius 2 is 0.963 bits per heavy atom. The SMILES string of the molecule is CCCCCCCCCCCCCC[N+](CC)(CC)CCCCS(=O)(=O)[O-]. The van der Waals surface area contributed by atoms with E-state index < -0.39 is 10.1 Å². The molecule has 0 aliphatic carbocycles. The molecule has 164 valence electrons. The minimum atomic E-state index is -4.05. The Morgan fingerprint density at radius 3 is 1.33 bits per heavy atom. The van der Waals surface area contributed by atoms with Crippen LogP contribution in [0.5, 0.6) is 0 Å². The minimum Gasteiger partial charge on any atom is -0.748 e. The van der Waals surface area contributed by atoms with Crippen LogP contribution in [0.2, 0.25) is 0 Å². The molecular formula is C22H47NO3S. The molecule has 0 rings (SSSR count). The van der Waals surface area contributed by atoms with E-state index in [1.165, 1.54) is 83.6 Å². The molecule has 0 radical (unpaired) electrons. The van der Waals surface area contributed by atoms with Crippen molar-refractivity contribution in [3.63, 3.8) is 0 Å². The molecule has 0 unspecified atom stereocenters. The van der Waals surface area contributed by atoms with Gasteiger partial charge in [-0.25, -0.2) is 8.42 Å². The third-order valence-corrected chi connectivity index (χ3v) is 6.89. The van der Waals surface area contributed by atoms with Crippen molar-refractivity contribution in [1.82, 2.24) is 0 Å². The van der Waals surface area contributed by atoms with Gasteiger partial charge in [0.2, 0.25) is 0 Å². The van der Waals surface area contributed by atoms with E-state index in [1.54, 1.807) is 0 Å². The maximum Gasteiger partial charge on any atom is 0.0945 e. The first-order valence-corrected chi connectivity index (χ1v) is 13.3. The number of quaternary nitrogens is 1. The van der Waals surface area contributed by atoms with Crippen molar-refractivity contribution in [3.05, 3.63) is 0 Å². The molecule has 0 fully saturated rings. The number of hydrogen-bond acceptors (Lipinski definition) is 3. The zero-order chi connectivity index (χ0) is 20.4. The first-order valence-electron chi connectivity index (χ1n) is 11.7. The summed E-state index contributed by atoms with van der Waals surface area (Å²) < 4.78 is 33.3. The van der Waals surface area contributed by atoms with E-state index in [4.69, 9.17) is 0 Å². The lowest BCUT2D eigenvalue weighted by molar-refractivity contribution is -0.925. The lowest BCUT2D eigenvalue weighted by Gasteiger charge is -2.37. The van der Waals surface area contributed by atoms with Crippen molar-refractivity contribution in [1.29, 1.82) is 0 Å². The van der Waals surface area contributed by atoms with E-state index in [2.05, 4.69) is 20.8 Å². The van der Waals surface area contributed by atoms with Crippen LogP contribution in [-0.4, -0.2) is 49.4 Å². The fourth-order valence-corrected chi connectivity index (χ4v) is 4.54. The average molecular weight is 406 g/mol. The van der Waals surface area contributed by atoms with Crippen molar-refractivity contribution in [2.45, 2.75) is 111 Å². The Hall–Kier alpha value is -0.130. The Morgan fingerprint density at radius 1 is 0.593 bits per heavy atom. The molecular weight excluding hydrogens is 358 g/mol. The highest BCUT2D eigenvalue weighted by atomic mass is 32.2. The molecule has 0 N–H and O–H groups in total. The van der Waals surface area contributed by atoms with Gasteiger partial charge < -0.3 is 9.04 Å². The molecule has 0 aliphatic rings.